The summed E-state index contributed by atoms with van der Waals surface area (Å²) in [5.41, 5.74) is 8.12. The third-order valence-corrected chi connectivity index (χ3v) is 3.70. The summed E-state index contributed by atoms with van der Waals surface area (Å²) in [4.78, 5) is 2.02. The Balaban J connectivity index is 2.43. The molecule has 0 aliphatic rings. The van der Waals surface area contributed by atoms with Crippen molar-refractivity contribution < 1.29 is 4.74 Å². The van der Waals surface area contributed by atoms with Crippen molar-refractivity contribution in [1.29, 1.82) is 5.41 Å². The molecule has 5 heteroatoms. The highest BCUT2D eigenvalue weighted by atomic mass is 79.9. The smallest absolute Gasteiger partial charge is 0.142 e. The van der Waals surface area contributed by atoms with E-state index in [1.807, 2.05) is 54.4 Å². The van der Waals surface area contributed by atoms with Gasteiger partial charge in [0.05, 0.1) is 18.5 Å². The number of methoxy groups -OCH3 is 1. The molecule has 0 amide bonds. The lowest BCUT2D eigenvalue weighted by Gasteiger charge is -2.23. The first-order valence-corrected chi connectivity index (χ1v) is 6.84. The summed E-state index contributed by atoms with van der Waals surface area (Å²) in [6.45, 7) is 0. The number of para-hydroxylation sites is 2. The molecule has 2 aromatic rings. The number of ether oxygens (including phenoxy) is 1. The van der Waals surface area contributed by atoms with Gasteiger partial charge in [-0.25, -0.2) is 0 Å². The van der Waals surface area contributed by atoms with Crippen LogP contribution in [0, 0.1) is 5.41 Å². The van der Waals surface area contributed by atoms with Gasteiger partial charge in [0.25, 0.3) is 0 Å². The van der Waals surface area contributed by atoms with Crippen LogP contribution in [0.15, 0.2) is 46.9 Å². The average Bonchev–Trinajstić information content (AvgIpc) is 2.46. The molecule has 0 heterocycles. The summed E-state index contributed by atoms with van der Waals surface area (Å²) in [5, 5.41) is 7.46. The van der Waals surface area contributed by atoms with Crippen LogP contribution < -0.4 is 15.4 Å². The number of rotatable bonds is 4. The van der Waals surface area contributed by atoms with E-state index in [0.29, 0.717) is 5.56 Å². The van der Waals surface area contributed by atoms with Crippen LogP contribution >= 0.6 is 15.9 Å². The summed E-state index contributed by atoms with van der Waals surface area (Å²) < 4.78 is 6.25. The Morgan fingerprint density at radius 2 is 1.90 bits per heavy atom. The molecule has 0 radical (unpaired) electrons. The highest BCUT2D eigenvalue weighted by molar-refractivity contribution is 9.10. The fraction of sp³-hybridized carbons (Fsp3) is 0.133. The summed E-state index contributed by atoms with van der Waals surface area (Å²) in [6, 6.07) is 13.4. The number of amidine groups is 1. The fourth-order valence-electron chi connectivity index (χ4n) is 1.98. The van der Waals surface area contributed by atoms with Crippen LogP contribution in [-0.4, -0.2) is 20.0 Å². The predicted octanol–water partition coefficient (Wildman–Crippen LogP) is 3.51. The van der Waals surface area contributed by atoms with Gasteiger partial charge in [-0.2, -0.15) is 0 Å². The molecular weight excluding hydrogens is 318 g/mol. The van der Waals surface area contributed by atoms with Crippen LogP contribution in [0.1, 0.15) is 5.56 Å². The maximum atomic E-state index is 7.46. The van der Waals surface area contributed by atoms with Gasteiger partial charge in [-0.3, -0.25) is 5.41 Å². The summed E-state index contributed by atoms with van der Waals surface area (Å²) in [6.07, 6.45) is 0. The average molecular weight is 334 g/mol. The first-order valence-electron chi connectivity index (χ1n) is 6.05. The fourth-order valence-corrected chi connectivity index (χ4v) is 2.63. The van der Waals surface area contributed by atoms with Crippen molar-refractivity contribution in [2.75, 3.05) is 19.1 Å². The number of nitrogens with one attached hydrogen (secondary N) is 1. The molecule has 0 saturated heterocycles. The van der Waals surface area contributed by atoms with Crippen LogP contribution in [-0.2, 0) is 0 Å². The highest BCUT2D eigenvalue weighted by Crippen LogP contribution is 2.36. The van der Waals surface area contributed by atoms with Gasteiger partial charge in [-0.15, -0.1) is 0 Å². The van der Waals surface area contributed by atoms with Crippen LogP contribution in [0.2, 0.25) is 0 Å². The van der Waals surface area contributed by atoms with E-state index in [2.05, 4.69) is 15.9 Å². The molecule has 0 aliphatic carbocycles. The van der Waals surface area contributed by atoms with Gasteiger partial charge in [0.1, 0.15) is 11.6 Å². The van der Waals surface area contributed by atoms with Crippen molar-refractivity contribution >= 4 is 33.1 Å². The van der Waals surface area contributed by atoms with Crippen molar-refractivity contribution in [2.45, 2.75) is 0 Å². The van der Waals surface area contributed by atoms with Crippen molar-refractivity contribution in [2.24, 2.45) is 5.73 Å². The number of hydrogen-bond acceptors (Lipinski definition) is 3. The Morgan fingerprint density at radius 1 is 1.20 bits per heavy atom. The largest absolute Gasteiger partial charge is 0.495 e. The second-order valence-electron chi connectivity index (χ2n) is 4.31. The van der Waals surface area contributed by atoms with E-state index in [-0.39, 0.29) is 5.84 Å². The number of hydrogen-bond donors (Lipinski definition) is 2. The lowest BCUT2D eigenvalue weighted by atomic mass is 10.1. The zero-order valence-electron chi connectivity index (χ0n) is 11.4. The molecule has 0 unspecified atom stereocenters. The predicted molar refractivity (Wildman–Crippen MR) is 86.2 cm³/mol. The molecule has 0 aromatic heterocycles. The van der Waals surface area contributed by atoms with Crippen molar-refractivity contribution in [3.63, 3.8) is 0 Å². The van der Waals surface area contributed by atoms with Crippen molar-refractivity contribution in [3.05, 3.63) is 52.5 Å². The number of nitrogen functional groups attached to an aromatic ring is 1. The second kappa shape index (κ2) is 5.96. The van der Waals surface area contributed by atoms with E-state index in [4.69, 9.17) is 15.9 Å². The first kappa shape index (κ1) is 14.4. The Morgan fingerprint density at radius 3 is 2.50 bits per heavy atom. The lowest BCUT2D eigenvalue weighted by Crippen LogP contribution is -2.14. The summed E-state index contributed by atoms with van der Waals surface area (Å²) in [7, 11) is 3.62. The number of anilines is 2. The summed E-state index contributed by atoms with van der Waals surface area (Å²) >= 11 is 3.53. The molecule has 0 aliphatic heterocycles. The molecule has 4 nitrogen and oxygen atoms in total. The standard InChI is InChI=1S/C15H16BrN3O/c1-19(13-5-3-4-6-14(13)20-2)12-8-7-10(15(17)18)9-11(12)16/h3-9H,1-2H3,(H3,17,18). The zero-order valence-corrected chi connectivity index (χ0v) is 12.9. The van der Waals surface area contributed by atoms with Gasteiger partial charge >= 0.3 is 0 Å². The van der Waals surface area contributed by atoms with E-state index in [1.54, 1.807) is 7.11 Å². The van der Waals surface area contributed by atoms with E-state index >= 15 is 0 Å². The third kappa shape index (κ3) is 2.77. The molecule has 0 atom stereocenters. The molecule has 104 valence electrons. The van der Waals surface area contributed by atoms with Crippen molar-refractivity contribution in [3.8, 4) is 5.75 Å². The molecule has 0 spiro atoms. The normalized spacial score (nSPS) is 10.2. The monoisotopic (exact) mass is 333 g/mol. The van der Waals surface area contributed by atoms with Crippen LogP contribution in [0.4, 0.5) is 11.4 Å². The lowest BCUT2D eigenvalue weighted by molar-refractivity contribution is 0.415. The minimum atomic E-state index is 0.0530. The Hall–Kier alpha value is -2.01. The number of benzene rings is 2. The van der Waals surface area contributed by atoms with Gasteiger partial charge in [0.15, 0.2) is 0 Å². The van der Waals surface area contributed by atoms with Gasteiger partial charge in [0.2, 0.25) is 0 Å². The number of nitrogens with two attached hydrogens (primary N) is 1. The van der Waals surface area contributed by atoms with E-state index < -0.39 is 0 Å². The van der Waals surface area contributed by atoms with E-state index in [0.717, 1.165) is 21.6 Å². The van der Waals surface area contributed by atoms with E-state index in [9.17, 15) is 0 Å². The van der Waals surface area contributed by atoms with Crippen LogP contribution in [0.5, 0.6) is 5.75 Å². The maximum absolute atomic E-state index is 7.46. The molecule has 0 fully saturated rings. The molecular formula is C15H16BrN3O. The van der Waals surface area contributed by atoms with Crippen molar-refractivity contribution in [1.82, 2.24) is 0 Å². The zero-order chi connectivity index (χ0) is 14.7. The number of halogens is 1. The Bertz CT molecular complexity index is 643. The minimum Gasteiger partial charge on any atom is -0.495 e. The van der Waals surface area contributed by atoms with Crippen LogP contribution in [0.25, 0.3) is 0 Å². The number of nitrogens with zero attached hydrogens (tertiary/aromatic N) is 1. The molecule has 2 aromatic carbocycles. The maximum Gasteiger partial charge on any atom is 0.142 e. The third-order valence-electron chi connectivity index (χ3n) is 3.07. The quantitative estimate of drug-likeness (QED) is 0.664. The summed E-state index contributed by atoms with van der Waals surface area (Å²) in [5.74, 6) is 0.856. The SMILES string of the molecule is COc1ccccc1N(C)c1ccc(C(=N)N)cc1Br. The molecule has 2 rings (SSSR count). The highest BCUT2D eigenvalue weighted by Gasteiger charge is 2.12. The van der Waals surface area contributed by atoms with Gasteiger partial charge in [0, 0.05) is 17.1 Å². The second-order valence-corrected chi connectivity index (χ2v) is 5.17. The minimum absolute atomic E-state index is 0.0530. The molecule has 0 bridgehead atoms. The van der Waals surface area contributed by atoms with Gasteiger partial charge < -0.3 is 15.4 Å². The Labute approximate surface area is 126 Å². The molecule has 3 N–H and O–H groups in total. The Kier molecular flexibility index (Phi) is 4.29. The molecule has 0 saturated carbocycles. The molecule has 20 heavy (non-hydrogen) atoms. The first-order chi connectivity index (χ1) is 9.54. The van der Waals surface area contributed by atoms with Gasteiger partial charge in [-0.05, 0) is 46.3 Å². The van der Waals surface area contributed by atoms with Crippen LogP contribution in [0.3, 0.4) is 0 Å². The topological polar surface area (TPSA) is 62.3 Å². The van der Waals surface area contributed by atoms with Gasteiger partial charge in [-0.1, -0.05) is 12.1 Å². The van der Waals surface area contributed by atoms with E-state index in [1.165, 1.54) is 0 Å².